The minimum atomic E-state index is -1.72. The lowest BCUT2D eigenvalue weighted by atomic mass is 9.89. The first-order valence-electron chi connectivity index (χ1n) is 35.2. The molecule has 12 atom stereocenters. The Hall–Kier alpha value is -7.64. The van der Waals surface area contributed by atoms with Crippen LogP contribution in [0.5, 0.6) is 0 Å². The van der Waals surface area contributed by atoms with Crippen molar-refractivity contribution in [1.29, 1.82) is 0 Å². The average Bonchev–Trinajstić information content (AvgIpc) is 0.804. The van der Waals surface area contributed by atoms with Crippen LogP contribution < -0.4 is 26.6 Å². The van der Waals surface area contributed by atoms with E-state index in [9.17, 15) is 43.5 Å². The fourth-order valence-electron chi connectivity index (χ4n) is 12.2. The van der Waals surface area contributed by atoms with E-state index in [0.29, 0.717) is 24.9 Å². The Kier molecular flexibility index (Phi) is 34.3. The minimum absolute atomic E-state index is 0.0639. The van der Waals surface area contributed by atoms with Gasteiger partial charge in [0.2, 0.25) is 59.1 Å². The molecular weight excluding hydrogens is 1270 g/mol. The monoisotopic (exact) mass is 1390 g/mol. The van der Waals surface area contributed by atoms with Gasteiger partial charge in [0.15, 0.2) is 0 Å². The van der Waals surface area contributed by atoms with Gasteiger partial charge in [0, 0.05) is 55.0 Å². The summed E-state index contributed by atoms with van der Waals surface area (Å²) in [7, 11) is 9.70. The van der Waals surface area contributed by atoms with Gasteiger partial charge in [-0.15, -0.1) is 0 Å². The van der Waals surface area contributed by atoms with E-state index in [2.05, 4.69) is 33.2 Å². The first-order chi connectivity index (χ1) is 45.6. The Morgan fingerprint density at radius 2 is 1.00 bits per heavy atom. The average molecular weight is 1390 g/mol. The first kappa shape index (κ1) is 87.4. The van der Waals surface area contributed by atoms with Gasteiger partial charge in [-0.25, -0.2) is 4.79 Å². The van der Waals surface area contributed by atoms with Crippen LogP contribution in [0.25, 0.3) is 0 Å². The number of aliphatic hydroxyl groups excluding tert-OH is 1. The highest BCUT2D eigenvalue weighted by atomic mass is 16.6. The summed E-state index contributed by atoms with van der Waals surface area (Å²) in [4.78, 5) is 184. The molecule has 1 aromatic rings. The number of nitrogens with zero attached hydrogens (tertiary/aromatic N) is 7. The number of carbonyl (C=O) groups is 12. The number of ether oxygens (including phenoxy) is 1. The Bertz CT molecular complexity index is 2980. The van der Waals surface area contributed by atoms with Crippen molar-refractivity contribution in [2.75, 3.05) is 54.7 Å². The topological polar surface area (TPSA) is 317 Å². The normalized spacial score (nSPS) is 24.8. The number of hydrogen-bond acceptors (Lipinski definition) is 14. The van der Waals surface area contributed by atoms with Gasteiger partial charge in [-0.1, -0.05) is 116 Å². The highest BCUT2D eigenvalue weighted by Gasteiger charge is 2.46. The number of anilines is 1. The highest BCUT2D eigenvalue weighted by Crippen LogP contribution is 2.27. The molecule has 1 aromatic carbocycles. The molecule has 0 aliphatic carbocycles. The molecule has 0 bridgehead atoms. The maximum atomic E-state index is 15.5. The smallest absolute Gasteiger partial charge is 0.412 e. The lowest BCUT2D eigenvalue weighted by Gasteiger charge is -2.41. The van der Waals surface area contributed by atoms with Gasteiger partial charge in [0.25, 0.3) is 5.91 Å². The van der Waals surface area contributed by atoms with Crippen LogP contribution in [-0.2, 0) is 63.9 Å². The van der Waals surface area contributed by atoms with Gasteiger partial charge in [0.1, 0.15) is 71.7 Å². The number of aliphatic hydroxyl groups is 1. The summed E-state index contributed by atoms with van der Waals surface area (Å²) in [5.41, 5.74) is 0.237. The molecule has 1 fully saturated rings. The van der Waals surface area contributed by atoms with E-state index in [1.807, 2.05) is 61.5 Å². The first-order valence-corrected chi connectivity index (χ1v) is 35.2. The van der Waals surface area contributed by atoms with Crippen molar-refractivity contribution in [3.05, 3.63) is 42.1 Å². The zero-order chi connectivity index (χ0) is 76.3. The second-order valence-corrected chi connectivity index (χ2v) is 30.6. The summed E-state index contributed by atoms with van der Waals surface area (Å²) in [5, 5.41) is 26.3. The van der Waals surface area contributed by atoms with Crippen LogP contribution >= 0.6 is 0 Å². The molecule has 1 aliphatic rings. The van der Waals surface area contributed by atoms with E-state index in [4.69, 9.17) is 4.74 Å². The van der Waals surface area contributed by atoms with E-state index in [1.54, 1.807) is 80.5 Å². The van der Waals surface area contributed by atoms with Crippen LogP contribution in [0.1, 0.15) is 182 Å². The highest BCUT2D eigenvalue weighted by molar-refractivity contribution is 6.02. The summed E-state index contributed by atoms with van der Waals surface area (Å²) in [5.74, 6) is -10.7. The minimum Gasteiger partial charge on any atom is -0.444 e. The lowest BCUT2D eigenvalue weighted by molar-refractivity contribution is -0.157. The van der Waals surface area contributed by atoms with Gasteiger partial charge in [-0.2, -0.15) is 0 Å². The molecular formula is C73H124N12O14. The molecule has 1 saturated heterocycles. The van der Waals surface area contributed by atoms with Gasteiger partial charge >= 0.3 is 6.09 Å². The zero-order valence-corrected chi connectivity index (χ0v) is 64.5. The van der Waals surface area contributed by atoms with Crippen LogP contribution in [0, 0.1) is 41.4 Å². The SMILES string of the molecule is C=C1C(=O)N(C)[C@@H](CC(C)C)C(=O)N[C@H](C(C)C)C(=O)N(C)[C@H](CC(C)C)C(=O)N[C@H](C)C(=O)N[C@@H](C)C(=O)N(C)[C@@H](CC(C)C)C(=O)N(C)[C@@H](CC(C)C)C(=O)N(C)[C@@H](C(C)C)C(=O)N(C)[C@@H]([C@H](O)[C@H](C)CCCc2cccc(NC(=O)OC(C)(C)C)c2)C(=O)N[C@@H](CC)C(=O)N1C. The number of benzene rings is 1. The second kappa shape index (κ2) is 38.8. The predicted molar refractivity (Wildman–Crippen MR) is 383 cm³/mol. The van der Waals surface area contributed by atoms with Crippen LogP contribution in [-0.4, -0.2) is 232 Å². The standard InChI is InChI=1S/C73H124N12O14/c1-28-52-67(93)79(21)49(17)66(92)80(22)54(36-41(4)5)63(89)78-57(44(10)11)70(96)81(23)53(35-40(2)3)62(88)74-47(15)61(87)75-48(16)65(91)82(24)55(37-42(6)7)68(94)83(25)56(38-43(8)9)69(95)84(26)58(45(12)13)71(97)85(27)59(64(90)77-52)60(86)46(14)31-29-32-50-33-30-34-51(39-50)76-72(98)99-73(18,19)20/h30,33-34,39-48,52-60,86H,17,28-29,31-32,35-38H2,1-16,18-27H3,(H,74,88)(H,75,87)(H,76,98)(H,77,90)(H,78,89)/t46-,47-,48+,52+,53-,54+,55+,56+,57-,58+,59+,60-/m1/s1. The molecule has 2 rings (SSSR count). The van der Waals surface area contributed by atoms with Crippen molar-refractivity contribution in [1.82, 2.24) is 55.6 Å². The molecule has 0 radical (unpaired) electrons. The molecule has 12 amide bonds. The van der Waals surface area contributed by atoms with Gasteiger partial charge in [-0.3, -0.25) is 58.1 Å². The summed E-state index contributed by atoms with van der Waals surface area (Å²) >= 11 is 0. The van der Waals surface area contributed by atoms with Crippen molar-refractivity contribution < 1.29 is 67.4 Å². The fourth-order valence-corrected chi connectivity index (χ4v) is 12.2. The molecule has 99 heavy (non-hydrogen) atoms. The Balaban J connectivity index is 3.01. The number of amides is 12. The Morgan fingerprint density at radius 3 is 1.48 bits per heavy atom. The largest absolute Gasteiger partial charge is 0.444 e. The summed E-state index contributed by atoms with van der Waals surface area (Å²) < 4.78 is 5.43. The summed E-state index contributed by atoms with van der Waals surface area (Å²) in [6, 6.07) is -5.79. The van der Waals surface area contributed by atoms with E-state index >= 15 is 19.2 Å². The van der Waals surface area contributed by atoms with Crippen LogP contribution in [0.3, 0.4) is 0 Å². The number of likely N-dealkylation sites (N-methyl/N-ethyl adjacent to an activating group) is 7. The molecule has 1 heterocycles. The van der Waals surface area contributed by atoms with Crippen molar-refractivity contribution in [2.45, 2.75) is 255 Å². The van der Waals surface area contributed by atoms with Gasteiger partial charge in [-0.05, 0) is 145 Å². The fraction of sp³-hybridized carbons (Fsp3) is 0.726. The van der Waals surface area contributed by atoms with Crippen LogP contribution in [0.4, 0.5) is 10.5 Å². The van der Waals surface area contributed by atoms with Gasteiger partial charge in [0.05, 0.1) is 6.10 Å². The molecule has 6 N–H and O–H groups in total. The second-order valence-electron chi connectivity index (χ2n) is 30.6. The molecule has 26 heteroatoms. The summed E-state index contributed by atoms with van der Waals surface area (Å²) in [6.45, 7) is 37.1. The molecule has 0 aromatic heterocycles. The lowest BCUT2D eigenvalue weighted by Crippen LogP contribution is -2.63. The number of carbonyl (C=O) groups excluding carboxylic acids is 12. The zero-order valence-electron chi connectivity index (χ0n) is 64.5. The third-order valence-corrected chi connectivity index (χ3v) is 18.2. The van der Waals surface area contributed by atoms with Crippen molar-refractivity contribution in [3.8, 4) is 0 Å². The third kappa shape index (κ3) is 25.2. The predicted octanol–water partition coefficient (Wildman–Crippen LogP) is 6.19. The van der Waals surface area contributed by atoms with E-state index in [-0.39, 0.29) is 61.5 Å². The molecule has 0 saturated carbocycles. The number of hydrogen-bond donors (Lipinski definition) is 6. The Morgan fingerprint density at radius 1 is 0.545 bits per heavy atom. The van der Waals surface area contributed by atoms with Crippen molar-refractivity contribution >= 4 is 76.8 Å². The van der Waals surface area contributed by atoms with Crippen LogP contribution in [0.2, 0.25) is 0 Å². The van der Waals surface area contributed by atoms with E-state index in [1.165, 1.54) is 82.8 Å². The maximum Gasteiger partial charge on any atom is 0.412 e. The molecule has 0 unspecified atom stereocenters. The number of rotatable bonds is 18. The molecule has 26 nitrogen and oxygen atoms in total. The van der Waals surface area contributed by atoms with E-state index < -0.39 is 161 Å². The molecule has 1 aliphatic heterocycles. The third-order valence-electron chi connectivity index (χ3n) is 18.2. The number of aryl methyl sites for hydroxylation is 1. The van der Waals surface area contributed by atoms with Crippen LogP contribution in [0.15, 0.2) is 36.5 Å². The summed E-state index contributed by atoms with van der Waals surface area (Å²) in [6.07, 6.45) is -0.600. The number of nitrogens with one attached hydrogen (secondary N) is 5. The van der Waals surface area contributed by atoms with E-state index in [0.717, 1.165) is 20.3 Å². The molecule has 0 spiro atoms. The maximum absolute atomic E-state index is 15.5. The Labute approximate surface area is 590 Å². The molecule has 560 valence electrons. The van der Waals surface area contributed by atoms with Crippen molar-refractivity contribution in [3.63, 3.8) is 0 Å². The quantitative estimate of drug-likeness (QED) is 0.0894. The van der Waals surface area contributed by atoms with Gasteiger partial charge < -0.3 is 65.4 Å². The van der Waals surface area contributed by atoms with Crippen molar-refractivity contribution in [2.24, 2.45) is 41.4 Å².